The number of allylic oxidation sites excluding steroid dienone is 4. The van der Waals surface area contributed by atoms with Crippen molar-refractivity contribution in [2.45, 2.75) is 45.8 Å². The molecule has 0 heterocycles. The Kier molecular flexibility index (Phi) is 39.2. The monoisotopic (exact) mass is 316 g/mol. The predicted molar refractivity (Wildman–Crippen MR) is 77.3 cm³/mol. The second kappa shape index (κ2) is 20.9. The molecule has 0 aromatic heterocycles. The largest absolute Gasteiger partial charge is 4.00 e. The van der Waals surface area contributed by atoms with E-state index in [0.29, 0.717) is 0 Å². The molecule has 0 spiro atoms. The van der Waals surface area contributed by atoms with Gasteiger partial charge >= 0.3 is 26.2 Å². The topological polar surface area (TPSA) is 23.8 Å². The summed E-state index contributed by atoms with van der Waals surface area (Å²) in [4.78, 5) is 0. The summed E-state index contributed by atoms with van der Waals surface area (Å²) in [5.41, 5.74) is 6.69. The maximum atomic E-state index is 6.94. The van der Waals surface area contributed by atoms with E-state index in [2.05, 4.69) is 25.2 Å². The smallest absolute Gasteiger partial charge is 0.673 e. The van der Waals surface area contributed by atoms with E-state index in [1.54, 1.807) is 0 Å². The fourth-order valence-corrected chi connectivity index (χ4v) is 0.340. The summed E-state index contributed by atoms with van der Waals surface area (Å²) in [6.07, 6.45) is 10.0. The van der Waals surface area contributed by atoms with Gasteiger partial charge < -0.3 is 20.6 Å². The van der Waals surface area contributed by atoms with Crippen molar-refractivity contribution in [3.05, 3.63) is 44.9 Å². The Bertz CT molecular complexity index is 133. The van der Waals surface area contributed by atoms with Gasteiger partial charge in [-0.1, -0.05) is 33.9 Å². The first-order valence-electron chi connectivity index (χ1n) is 4.62. The molecular weight excluding hydrogens is 289 g/mol. The van der Waals surface area contributed by atoms with Gasteiger partial charge in [-0.15, -0.1) is 12.0 Å². The number of rotatable bonds is 0. The van der Waals surface area contributed by atoms with Crippen molar-refractivity contribution in [2.24, 2.45) is 0 Å². The molecule has 1 rings (SSSR count). The third-order valence-corrected chi connectivity index (χ3v) is 0.586. The summed E-state index contributed by atoms with van der Waals surface area (Å²) in [6, 6.07) is 0. The summed E-state index contributed by atoms with van der Waals surface area (Å²) in [6.45, 7) is 9.98. The zero-order valence-corrected chi connectivity index (χ0v) is 15.6. The molecule has 93 valence electrons. The Labute approximate surface area is 126 Å². The van der Waals surface area contributed by atoms with Gasteiger partial charge in [0.1, 0.15) is 0 Å². The van der Waals surface area contributed by atoms with Crippen molar-refractivity contribution in [1.29, 1.82) is 0 Å². The Hall–Kier alpha value is 0.540. The molecule has 0 aromatic carbocycles. The van der Waals surface area contributed by atoms with Crippen molar-refractivity contribution < 1.29 is 26.2 Å². The molecule has 1 radical (unpaired) electrons. The first-order valence-corrected chi connectivity index (χ1v) is 6.93. The normalized spacial score (nSPS) is 10.4. The summed E-state index contributed by atoms with van der Waals surface area (Å²) in [5.74, 6) is 0. The SMILES string of the molecule is CC(C)(C)[NH-].C[SiH]C.[C-]1=CC=CC1.[CH3-].[CH3-].[Zr+4]. The van der Waals surface area contributed by atoms with Gasteiger partial charge in [-0.2, -0.15) is 6.08 Å². The summed E-state index contributed by atoms with van der Waals surface area (Å²) in [7, 11) is 0.750. The summed E-state index contributed by atoms with van der Waals surface area (Å²) < 4.78 is 0. The van der Waals surface area contributed by atoms with Crippen molar-refractivity contribution in [2.75, 3.05) is 0 Å². The van der Waals surface area contributed by atoms with Gasteiger partial charge in [0.15, 0.2) is 0 Å². The molecule has 0 saturated heterocycles. The van der Waals surface area contributed by atoms with E-state index < -0.39 is 0 Å². The zero-order chi connectivity index (χ0) is 10.7. The second-order valence-electron chi connectivity index (χ2n) is 3.83. The minimum Gasteiger partial charge on any atom is -0.673 e. The molecule has 0 atom stereocenters. The van der Waals surface area contributed by atoms with Crippen LogP contribution in [0.1, 0.15) is 27.2 Å². The molecule has 0 aromatic rings. The van der Waals surface area contributed by atoms with Crippen molar-refractivity contribution in [1.82, 2.24) is 0 Å². The van der Waals surface area contributed by atoms with Crippen molar-refractivity contribution >= 4 is 9.52 Å². The standard InChI is InChI=1S/C5H5.C4H10N.C2H7Si.2CH3.Zr/c1-2-4-5-3-1;1-4(2,3)5;1-3-2;;;/h1-3H,4H2;5H,1-3H3;3H,1-2H3;2*1H3;/q2*-1;;2*-1;+4. The fraction of sp³-hybridized carbons (Fsp3) is 0.538. The Balaban J connectivity index is -0.0000000356. The van der Waals surface area contributed by atoms with Gasteiger partial charge in [-0.3, -0.25) is 6.08 Å². The molecule has 16 heavy (non-hydrogen) atoms. The molecule has 0 saturated carbocycles. The van der Waals surface area contributed by atoms with Crippen LogP contribution >= 0.6 is 0 Å². The maximum absolute atomic E-state index is 6.94. The fourth-order valence-electron chi connectivity index (χ4n) is 0.340. The molecule has 1 aliphatic carbocycles. The third kappa shape index (κ3) is 86.9. The molecule has 0 aliphatic heterocycles. The van der Waals surface area contributed by atoms with E-state index in [-0.39, 0.29) is 46.6 Å². The van der Waals surface area contributed by atoms with Gasteiger partial charge in [-0.05, 0) is 0 Å². The third-order valence-electron chi connectivity index (χ3n) is 0.586. The van der Waals surface area contributed by atoms with Gasteiger partial charge in [0.05, 0.1) is 0 Å². The second-order valence-corrected chi connectivity index (χ2v) is 4.99. The molecule has 0 bridgehead atoms. The zero-order valence-electron chi connectivity index (χ0n) is 12.0. The molecule has 0 fully saturated rings. The van der Waals surface area contributed by atoms with Crippen molar-refractivity contribution in [3.8, 4) is 0 Å². The molecule has 0 unspecified atom stereocenters. The average molecular weight is 318 g/mol. The van der Waals surface area contributed by atoms with E-state index >= 15 is 0 Å². The quantitative estimate of drug-likeness (QED) is 0.462. The van der Waals surface area contributed by atoms with Crippen LogP contribution in [-0.2, 0) is 26.2 Å². The van der Waals surface area contributed by atoms with Gasteiger partial charge in [0.25, 0.3) is 0 Å². The van der Waals surface area contributed by atoms with Gasteiger partial charge in [-0.25, -0.2) is 12.2 Å². The van der Waals surface area contributed by atoms with Crippen LogP contribution in [0.15, 0.2) is 18.2 Å². The van der Waals surface area contributed by atoms with Crippen LogP contribution in [0.25, 0.3) is 5.73 Å². The molecular formula is C13H28NSiZr. The number of nitrogens with one attached hydrogen (secondary N) is 1. The van der Waals surface area contributed by atoms with Gasteiger partial charge in [0, 0.05) is 9.52 Å². The Morgan fingerprint density at radius 1 is 1.19 bits per heavy atom. The minimum absolute atomic E-state index is 0. The number of hydrogen-bond donors (Lipinski definition) is 0. The molecule has 3 heteroatoms. The van der Waals surface area contributed by atoms with Crippen LogP contribution in [0.4, 0.5) is 0 Å². The van der Waals surface area contributed by atoms with E-state index in [1.165, 1.54) is 0 Å². The molecule has 0 amide bonds. The van der Waals surface area contributed by atoms with Crippen molar-refractivity contribution in [3.63, 3.8) is 0 Å². The number of hydrogen-bond acceptors (Lipinski definition) is 0. The first-order chi connectivity index (χ1) is 5.91. The van der Waals surface area contributed by atoms with Crippen LogP contribution in [0.2, 0.25) is 13.1 Å². The average Bonchev–Trinajstić information content (AvgIpc) is 2.36. The first kappa shape index (κ1) is 30.0. The molecule has 1 N–H and O–H groups in total. The van der Waals surface area contributed by atoms with Crippen LogP contribution in [0.5, 0.6) is 0 Å². The van der Waals surface area contributed by atoms with Crippen LogP contribution in [-0.4, -0.2) is 15.1 Å². The minimum atomic E-state index is -0.250. The Morgan fingerprint density at radius 2 is 1.50 bits per heavy atom. The van der Waals surface area contributed by atoms with E-state index in [1.807, 2.05) is 32.9 Å². The molecule has 1 aliphatic rings. The Morgan fingerprint density at radius 3 is 1.56 bits per heavy atom. The van der Waals surface area contributed by atoms with Gasteiger partial charge in [0.2, 0.25) is 0 Å². The van der Waals surface area contributed by atoms with E-state index in [4.69, 9.17) is 5.73 Å². The molecule has 1 nitrogen and oxygen atoms in total. The van der Waals surface area contributed by atoms with E-state index in [0.717, 1.165) is 15.9 Å². The van der Waals surface area contributed by atoms with Crippen LogP contribution in [0.3, 0.4) is 0 Å². The summed E-state index contributed by atoms with van der Waals surface area (Å²) >= 11 is 0. The summed E-state index contributed by atoms with van der Waals surface area (Å²) in [5, 5.41) is 0. The van der Waals surface area contributed by atoms with Crippen LogP contribution in [0, 0.1) is 20.9 Å². The maximum Gasteiger partial charge on any atom is 4.00 e. The van der Waals surface area contributed by atoms with Crippen LogP contribution < -0.4 is 0 Å². The van der Waals surface area contributed by atoms with E-state index in [9.17, 15) is 0 Å². The predicted octanol–water partition coefficient (Wildman–Crippen LogP) is 4.56.